The smallest absolute Gasteiger partial charge is 0.253 e. The summed E-state index contributed by atoms with van der Waals surface area (Å²) >= 11 is 0. The molecule has 1 unspecified atom stereocenters. The lowest BCUT2D eigenvalue weighted by molar-refractivity contribution is 0.0347. The van der Waals surface area contributed by atoms with Crippen LogP contribution in [-0.4, -0.2) is 32.2 Å². The lowest BCUT2D eigenvalue weighted by atomic mass is 10.1. The fraction of sp³-hybridized carbons (Fsp3) is 1.00. The first-order valence-electron chi connectivity index (χ1n) is 4.35. The van der Waals surface area contributed by atoms with E-state index < -0.39 is 11.8 Å². The quantitative estimate of drug-likeness (QED) is 0.688. The second-order valence-corrected chi connectivity index (χ2v) is 3.72. The van der Waals surface area contributed by atoms with E-state index in [0.29, 0.717) is 12.5 Å². The molecule has 1 saturated carbocycles. The standard InChI is InChI=1S/C8H13F2NO/c9-8(10)1-7(8)5-12-4-6-2-11-3-6/h6-7,11H,1-5H2. The third-order valence-corrected chi connectivity index (χ3v) is 2.49. The number of halogens is 2. The van der Waals surface area contributed by atoms with Gasteiger partial charge in [-0.05, 0) is 0 Å². The molecule has 0 radical (unpaired) electrons. The molecule has 70 valence electrons. The molecule has 2 aliphatic rings. The number of alkyl halides is 2. The van der Waals surface area contributed by atoms with E-state index in [0.717, 1.165) is 13.1 Å². The first-order chi connectivity index (χ1) is 5.68. The summed E-state index contributed by atoms with van der Waals surface area (Å²) in [6, 6.07) is 0. The Morgan fingerprint density at radius 2 is 2.00 bits per heavy atom. The Balaban J connectivity index is 1.52. The highest BCUT2D eigenvalue weighted by Crippen LogP contribution is 2.48. The first-order valence-corrected chi connectivity index (χ1v) is 4.35. The summed E-state index contributed by atoms with van der Waals surface area (Å²) in [5, 5.41) is 3.10. The zero-order valence-electron chi connectivity index (χ0n) is 6.85. The number of hydrogen-bond donors (Lipinski definition) is 1. The largest absolute Gasteiger partial charge is 0.381 e. The van der Waals surface area contributed by atoms with Gasteiger partial charge in [0.05, 0.1) is 19.1 Å². The van der Waals surface area contributed by atoms with Gasteiger partial charge in [-0.25, -0.2) is 8.78 Å². The zero-order chi connectivity index (χ0) is 8.60. The summed E-state index contributed by atoms with van der Waals surface area (Å²) < 4.78 is 29.8. The van der Waals surface area contributed by atoms with Crippen molar-refractivity contribution in [3.8, 4) is 0 Å². The lowest BCUT2D eigenvalue weighted by Crippen LogP contribution is -2.44. The van der Waals surface area contributed by atoms with Crippen molar-refractivity contribution in [2.45, 2.75) is 12.3 Å². The van der Waals surface area contributed by atoms with Gasteiger partial charge in [-0.15, -0.1) is 0 Å². The van der Waals surface area contributed by atoms with Crippen LogP contribution in [0.5, 0.6) is 0 Å². The van der Waals surface area contributed by atoms with E-state index >= 15 is 0 Å². The molecule has 0 aromatic rings. The van der Waals surface area contributed by atoms with E-state index in [1.54, 1.807) is 0 Å². The zero-order valence-corrected chi connectivity index (χ0v) is 6.85. The van der Waals surface area contributed by atoms with E-state index in [9.17, 15) is 8.78 Å². The van der Waals surface area contributed by atoms with Crippen LogP contribution in [0.4, 0.5) is 8.78 Å². The maximum atomic E-state index is 12.3. The van der Waals surface area contributed by atoms with Gasteiger partial charge in [0.1, 0.15) is 0 Å². The molecular weight excluding hydrogens is 164 g/mol. The average molecular weight is 177 g/mol. The van der Waals surface area contributed by atoms with Crippen molar-refractivity contribution in [1.29, 1.82) is 0 Å². The van der Waals surface area contributed by atoms with Crippen molar-refractivity contribution in [2.24, 2.45) is 11.8 Å². The molecule has 1 heterocycles. The van der Waals surface area contributed by atoms with E-state index in [1.807, 2.05) is 0 Å². The summed E-state index contributed by atoms with van der Waals surface area (Å²) in [5.74, 6) is -2.36. The van der Waals surface area contributed by atoms with Gasteiger partial charge in [-0.2, -0.15) is 0 Å². The number of ether oxygens (including phenoxy) is 1. The molecule has 2 fully saturated rings. The van der Waals surface area contributed by atoms with E-state index in [-0.39, 0.29) is 13.0 Å². The molecule has 0 aromatic carbocycles. The van der Waals surface area contributed by atoms with Crippen LogP contribution in [0.2, 0.25) is 0 Å². The van der Waals surface area contributed by atoms with Crippen LogP contribution in [0, 0.1) is 11.8 Å². The Morgan fingerprint density at radius 1 is 1.33 bits per heavy atom. The van der Waals surface area contributed by atoms with Crippen molar-refractivity contribution >= 4 is 0 Å². The fourth-order valence-corrected chi connectivity index (χ4v) is 1.29. The SMILES string of the molecule is FC1(F)CC1COCC1CNC1. The van der Waals surface area contributed by atoms with E-state index in [1.165, 1.54) is 0 Å². The van der Waals surface area contributed by atoms with Crippen molar-refractivity contribution in [1.82, 2.24) is 5.32 Å². The summed E-state index contributed by atoms with van der Waals surface area (Å²) in [5.41, 5.74) is 0. The van der Waals surface area contributed by atoms with Crippen LogP contribution >= 0.6 is 0 Å². The maximum Gasteiger partial charge on any atom is 0.253 e. The molecule has 4 heteroatoms. The summed E-state index contributed by atoms with van der Waals surface area (Å²) in [7, 11) is 0. The molecule has 0 aromatic heterocycles. The van der Waals surface area contributed by atoms with Gasteiger partial charge in [0.25, 0.3) is 5.92 Å². The molecule has 2 rings (SSSR count). The van der Waals surface area contributed by atoms with Crippen molar-refractivity contribution < 1.29 is 13.5 Å². The van der Waals surface area contributed by atoms with Gasteiger partial charge >= 0.3 is 0 Å². The highest BCUT2D eigenvalue weighted by molar-refractivity contribution is 4.94. The van der Waals surface area contributed by atoms with Gasteiger partial charge in [-0.3, -0.25) is 0 Å². The molecule has 12 heavy (non-hydrogen) atoms. The van der Waals surface area contributed by atoms with Crippen LogP contribution in [0.15, 0.2) is 0 Å². The topological polar surface area (TPSA) is 21.3 Å². The predicted octanol–water partition coefficient (Wildman–Crippen LogP) is 0.878. The summed E-state index contributed by atoms with van der Waals surface area (Å²) in [6.45, 7) is 2.82. The molecule has 1 aliphatic heterocycles. The predicted molar refractivity (Wildman–Crippen MR) is 40.2 cm³/mol. The Morgan fingerprint density at radius 3 is 2.42 bits per heavy atom. The van der Waals surface area contributed by atoms with Crippen molar-refractivity contribution in [3.63, 3.8) is 0 Å². The van der Waals surface area contributed by atoms with Gasteiger partial charge in [0.2, 0.25) is 0 Å². The molecule has 0 amide bonds. The van der Waals surface area contributed by atoms with Gasteiger partial charge < -0.3 is 10.1 Å². The number of hydrogen-bond acceptors (Lipinski definition) is 2. The lowest BCUT2D eigenvalue weighted by Gasteiger charge is -2.26. The maximum absolute atomic E-state index is 12.3. The highest BCUT2D eigenvalue weighted by atomic mass is 19.3. The van der Waals surface area contributed by atoms with E-state index in [2.05, 4.69) is 5.32 Å². The van der Waals surface area contributed by atoms with E-state index in [4.69, 9.17) is 4.74 Å². The molecule has 1 N–H and O–H groups in total. The highest BCUT2D eigenvalue weighted by Gasteiger charge is 2.56. The fourth-order valence-electron chi connectivity index (χ4n) is 1.29. The van der Waals surface area contributed by atoms with Crippen LogP contribution in [0.3, 0.4) is 0 Å². The molecule has 2 nitrogen and oxygen atoms in total. The molecule has 0 spiro atoms. The van der Waals surface area contributed by atoms with Crippen LogP contribution in [0.1, 0.15) is 6.42 Å². The monoisotopic (exact) mass is 177 g/mol. The van der Waals surface area contributed by atoms with Crippen LogP contribution in [-0.2, 0) is 4.74 Å². The first kappa shape index (κ1) is 8.38. The molecule has 1 saturated heterocycles. The molecular formula is C8H13F2NO. The van der Waals surface area contributed by atoms with Crippen LogP contribution in [0.25, 0.3) is 0 Å². The minimum atomic E-state index is -2.42. The van der Waals surface area contributed by atoms with Gasteiger partial charge in [0, 0.05) is 25.4 Å². The third-order valence-electron chi connectivity index (χ3n) is 2.49. The second kappa shape index (κ2) is 2.92. The third kappa shape index (κ3) is 1.75. The Hall–Kier alpha value is -0.220. The Labute approximate surface area is 70.3 Å². The minimum Gasteiger partial charge on any atom is -0.381 e. The second-order valence-electron chi connectivity index (χ2n) is 3.72. The number of nitrogens with one attached hydrogen (secondary N) is 1. The van der Waals surface area contributed by atoms with Gasteiger partial charge in [-0.1, -0.05) is 0 Å². The summed E-state index contributed by atoms with van der Waals surface area (Å²) in [4.78, 5) is 0. The van der Waals surface area contributed by atoms with Gasteiger partial charge in [0.15, 0.2) is 0 Å². The molecule has 1 aliphatic carbocycles. The molecule has 1 atom stereocenters. The normalized spacial score (nSPS) is 33.0. The Bertz CT molecular complexity index is 170. The molecule has 0 bridgehead atoms. The van der Waals surface area contributed by atoms with Crippen molar-refractivity contribution in [2.75, 3.05) is 26.3 Å². The summed E-state index contributed by atoms with van der Waals surface area (Å²) in [6.07, 6.45) is 0.0237. The average Bonchev–Trinajstić information content (AvgIpc) is 2.47. The Kier molecular flexibility index (Phi) is 2.04. The number of rotatable bonds is 4. The minimum absolute atomic E-state index is 0.0237. The van der Waals surface area contributed by atoms with Crippen molar-refractivity contribution in [3.05, 3.63) is 0 Å². The van der Waals surface area contributed by atoms with Crippen LogP contribution < -0.4 is 5.32 Å².